The van der Waals surface area contributed by atoms with Crippen molar-refractivity contribution in [2.45, 2.75) is 6.92 Å². The van der Waals surface area contributed by atoms with Crippen LogP contribution >= 0.6 is 27.5 Å². The van der Waals surface area contributed by atoms with Crippen LogP contribution in [0.3, 0.4) is 0 Å². The smallest absolute Gasteiger partial charge is 0.257 e. The van der Waals surface area contributed by atoms with E-state index in [1.165, 1.54) is 0 Å². The van der Waals surface area contributed by atoms with Crippen LogP contribution in [-0.2, 0) is 0 Å². The summed E-state index contributed by atoms with van der Waals surface area (Å²) in [7, 11) is 0. The zero-order valence-electron chi connectivity index (χ0n) is 11.2. The van der Waals surface area contributed by atoms with Crippen LogP contribution in [0.2, 0.25) is 5.02 Å². The van der Waals surface area contributed by atoms with Crippen molar-refractivity contribution in [1.82, 2.24) is 4.98 Å². The van der Waals surface area contributed by atoms with E-state index in [0.717, 1.165) is 26.6 Å². The minimum Gasteiger partial charge on any atom is -0.360 e. The minimum absolute atomic E-state index is 0.148. The Labute approximate surface area is 135 Å². The monoisotopic (exact) mass is 362 g/mol. The van der Waals surface area contributed by atoms with Gasteiger partial charge in [0, 0.05) is 32.3 Å². The van der Waals surface area contributed by atoms with Gasteiger partial charge in [-0.25, -0.2) is 0 Å². The number of rotatable bonds is 2. The van der Waals surface area contributed by atoms with Gasteiger partial charge in [-0.1, -0.05) is 33.6 Å². The summed E-state index contributed by atoms with van der Waals surface area (Å²) in [6, 6.07) is 11.1. The van der Waals surface area contributed by atoms with Crippen molar-refractivity contribution >= 4 is 50.0 Å². The van der Waals surface area contributed by atoms with Crippen LogP contribution in [0.4, 0.5) is 5.69 Å². The standard InChI is InChI=1S/C16H12BrClN2O/c1-9-6-11(3-5-14(9)17)20-16(21)13-8-19-15-7-10(18)2-4-12(13)15/h2-8,19H,1H3,(H,20,21). The molecule has 0 saturated carbocycles. The Balaban J connectivity index is 1.91. The van der Waals surface area contributed by atoms with Gasteiger partial charge in [0.25, 0.3) is 5.91 Å². The minimum atomic E-state index is -0.148. The highest BCUT2D eigenvalue weighted by Gasteiger charge is 2.12. The van der Waals surface area contributed by atoms with Gasteiger partial charge in [-0.05, 0) is 42.8 Å². The third-order valence-electron chi connectivity index (χ3n) is 3.30. The molecular weight excluding hydrogens is 352 g/mol. The van der Waals surface area contributed by atoms with Gasteiger partial charge in [0.2, 0.25) is 0 Å². The van der Waals surface area contributed by atoms with E-state index in [1.54, 1.807) is 18.3 Å². The molecule has 5 heteroatoms. The molecule has 0 aliphatic carbocycles. The zero-order valence-corrected chi connectivity index (χ0v) is 13.5. The second kappa shape index (κ2) is 5.54. The van der Waals surface area contributed by atoms with Gasteiger partial charge in [0.15, 0.2) is 0 Å². The fourth-order valence-electron chi connectivity index (χ4n) is 2.21. The SMILES string of the molecule is Cc1cc(NC(=O)c2c[nH]c3cc(Cl)ccc23)ccc1Br. The third kappa shape index (κ3) is 2.82. The molecule has 2 aromatic carbocycles. The number of hydrogen-bond acceptors (Lipinski definition) is 1. The number of H-pyrrole nitrogens is 1. The Hall–Kier alpha value is -1.78. The molecule has 3 nitrogen and oxygen atoms in total. The van der Waals surface area contributed by atoms with Crippen LogP contribution in [0.1, 0.15) is 15.9 Å². The Morgan fingerprint density at radius 3 is 2.81 bits per heavy atom. The first kappa shape index (κ1) is 14.2. The lowest BCUT2D eigenvalue weighted by Crippen LogP contribution is -2.11. The summed E-state index contributed by atoms with van der Waals surface area (Å²) in [6.45, 7) is 1.98. The van der Waals surface area contributed by atoms with Gasteiger partial charge in [-0.2, -0.15) is 0 Å². The lowest BCUT2D eigenvalue weighted by molar-refractivity contribution is 0.102. The van der Waals surface area contributed by atoms with Crippen molar-refractivity contribution in [3.8, 4) is 0 Å². The van der Waals surface area contributed by atoms with Crippen LogP contribution in [-0.4, -0.2) is 10.9 Å². The highest BCUT2D eigenvalue weighted by molar-refractivity contribution is 9.10. The number of carbonyl (C=O) groups excluding carboxylic acids is 1. The maximum absolute atomic E-state index is 12.4. The van der Waals surface area contributed by atoms with Gasteiger partial charge in [-0.3, -0.25) is 4.79 Å². The number of benzene rings is 2. The van der Waals surface area contributed by atoms with E-state index in [2.05, 4.69) is 26.2 Å². The quantitative estimate of drug-likeness (QED) is 0.650. The molecule has 1 amide bonds. The van der Waals surface area contributed by atoms with Gasteiger partial charge in [-0.15, -0.1) is 0 Å². The van der Waals surface area contributed by atoms with Crippen molar-refractivity contribution in [2.75, 3.05) is 5.32 Å². The highest BCUT2D eigenvalue weighted by atomic mass is 79.9. The number of halogens is 2. The maximum atomic E-state index is 12.4. The van der Waals surface area contributed by atoms with Gasteiger partial charge in [0.1, 0.15) is 0 Å². The molecule has 0 aliphatic rings. The molecule has 2 N–H and O–H groups in total. The van der Waals surface area contributed by atoms with E-state index < -0.39 is 0 Å². The van der Waals surface area contributed by atoms with E-state index >= 15 is 0 Å². The predicted octanol–water partition coefficient (Wildman–Crippen LogP) is 5.14. The summed E-state index contributed by atoms with van der Waals surface area (Å²) in [5, 5.41) is 4.40. The average molecular weight is 364 g/mol. The van der Waals surface area contributed by atoms with Crippen molar-refractivity contribution in [3.05, 3.63) is 63.2 Å². The van der Waals surface area contributed by atoms with Gasteiger partial charge >= 0.3 is 0 Å². The number of aromatic amines is 1. The molecule has 0 fully saturated rings. The third-order valence-corrected chi connectivity index (χ3v) is 4.43. The van der Waals surface area contributed by atoms with Crippen LogP contribution in [0, 0.1) is 6.92 Å². The normalized spacial score (nSPS) is 10.8. The van der Waals surface area contributed by atoms with Crippen LogP contribution < -0.4 is 5.32 Å². The molecular formula is C16H12BrClN2O. The first-order valence-corrected chi connectivity index (χ1v) is 7.56. The van der Waals surface area contributed by atoms with Gasteiger partial charge < -0.3 is 10.3 Å². The lowest BCUT2D eigenvalue weighted by Gasteiger charge is -2.06. The molecule has 3 rings (SSSR count). The van der Waals surface area contributed by atoms with Crippen molar-refractivity contribution in [2.24, 2.45) is 0 Å². The molecule has 3 aromatic rings. The fraction of sp³-hybridized carbons (Fsp3) is 0.0625. The Morgan fingerprint density at radius 1 is 1.24 bits per heavy atom. The molecule has 1 heterocycles. The molecule has 106 valence electrons. The first-order chi connectivity index (χ1) is 10.0. The Kier molecular flexibility index (Phi) is 3.74. The summed E-state index contributed by atoms with van der Waals surface area (Å²) >= 11 is 9.39. The topological polar surface area (TPSA) is 44.9 Å². The number of amides is 1. The second-order valence-corrected chi connectivity index (χ2v) is 6.10. The van der Waals surface area contributed by atoms with Crippen LogP contribution in [0.5, 0.6) is 0 Å². The number of hydrogen-bond donors (Lipinski definition) is 2. The van der Waals surface area contributed by atoms with Crippen LogP contribution in [0.15, 0.2) is 47.1 Å². The predicted molar refractivity (Wildman–Crippen MR) is 90.1 cm³/mol. The van der Waals surface area contributed by atoms with E-state index in [0.29, 0.717) is 10.6 Å². The molecule has 0 saturated heterocycles. The zero-order chi connectivity index (χ0) is 15.0. The van der Waals surface area contributed by atoms with E-state index in [9.17, 15) is 4.79 Å². The molecule has 0 atom stereocenters. The maximum Gasteiger partial charge on any atom is 0.257 e. The molecule has 21 heavy (non-hydrogen) atoms. The van der Waals surface area contributed by atoms with E-state index in [4.69, 9.17) is 11.6 Å². The fourth-order valence-corrected chi connectivity index (χ4v) is 2.63. The summed E-state index contributed by atoms with van der Waals surface area (Å²) in [4.78, 5) is 15.5. The van der Waals surface area contributed by atoms with Crippen molar-refractivity contribution in [1.29, 1.82) is 0 Å². The van der Waals surface area contributed by atoms with E-state index in [-0.39, 0.29) is 5.91 Å². The van der Waals surface area contributed by atoms with Crippen molar-refractivity contribution in [3.63, 3.8) is 0 Å². The summed E-state index contributed by atoms with van der Waals surface area (Å²) in [6.07, 6.45) is 1.70. The molecule has 0 bridgehead atoms. The largest absolute Gasteiger partial charge is 0.360 e. The molecule has 0 spiro atoms. The Morgan fingerprint density at radius 2 is 2.05 bits per heavy atom. The number of carbonyl (C=O) groups is 1. The molecule has 1 aromatic heterocycles. The van der Waals surface area contributed by atoms with Crippen molar-refractivity contribution < 1.29 is 4.79 Å². The Bertz CT molecular complexity index is 841. The first-order valence-electron chi connectivity index (χ1n) is 6.39. The molecule has 0 unspecified atom stereocenters. The second-order valence-electron chi connectivity index (χ2n) is 4.81. The number of nitrogens with one attached hydrogen (secondary N) is 2. The summed E-state index contributed by atoms with van der Waals surface area (Å²) in [5.74, 6) is -0.148. The number of anilines is 1. The molecule has 0 radical (unpaired) electrons. The van der Waals surface area contributed by atoms with Gasteiger partial charge in [0.05, 0.1) is 5.56 Å². The summed E-state index contributed by atoms with van der Waals surface area (Å²) < 4.78 is 1.02. The molecule has 0 aliphatic heterocycles. The highest BCUT2D eigenvalue weighted by Crippen LogP contribution is 2.24. The summed E-state index contributed by atoms with van der Waals surface area (Å²) in [5.41, 5.74) is 3.28. The average Bonchev–Trinajstić information content (AvgIpc) is 2.85. The lowest BCUT2D eigenvalue weighted by atomic mass is 10.1. The van der Waals surface area contributed by atoms with E-state index in [1.807, 2.05) is 31.2 Å². The number of fused-ring (bicyclic) bond motifs is 1. The number of aryl methyl sites for hydroxylation is 1. The van der Waals surface area contributed by atoms with Crippen LogP contribution in [0.25, 0.3) is 10.9 Å². The number of aromatic nitrogens is 1.